The molecule has 1 aromatic heterocycles. The Hall–Kier alpha value is -4.00. The topological polar surface area (TPSA) is 128 Å². The van der Waals surface area contributed by atoms with Crippen LogP contribution in [0.3, 0.4) is 0 Å². The third-order valence-corrected chi connectivity index (χ3v) is 7.57. The highest BCUT2D eigenvalue weighted by molar-refractivity contribution is 6.39. The van der Waals surface area contributed by atoms with Gasteiger partial charge in [0.25, 0.3) is 0 Å². The Morgan fingerprint density at radius 3 is 2.60 bits per heavy atom. The summed E-state index contributed by atoms with van der Waals surface area (Å²) in [5.41, 5.74) is 6.09. The molecule has 0 atom stereocenters. The number of rotatable bonds is 10. The number of carbonyl (C=O) groups is 2. The maximum atomic E-state index is 15.4. The van der Waals surface area contributed by atoms with E-state index in [-0.39, 0.29) is 18.0 Å². The highest BCUT2D eigenvalue weighted by atomic mass is 19.1. The molecule has 2 saturated heterocycles. The lowest BCUT2D eigenvalue weighted by molar-refractivity contribution is -0.135. The number of carbonyl (C=O) groups excluding carboxylic acids is 2. The van der Waals surface area contributed by atoms with Gasteiger partial charge in [0.1, 0.15) is 5.75 Å². The monoisotopic (exact) mass is 581 g/mol. The van der Waals surface area contributed by atoms with E-state index in [4.69, 9.17) is 24.7 Å². The number of halogens is 1. The first-order valence-electron chi connectivity index (χ1n) is 14.1. The summed E-state index contributed by atoms with van der Waals surface area (Å²) in [6, 6.07) is 9.29. The molecule has 42 heavy (non-hydrogen) atoms. The molecule has 5 rings (SSSR count). The normalized spacial score (nSPS) is 16.2. The van der Waals surface area contributed by atoms with Crippen molar-refractivity contribution in [1.82, 2.24) is 15.2 Å². The highest BCUT2D eigenvalue weighted by Crippen LogP contribution is 2.38. The summed E-state index contributed by atoms with van der Waals surface area (Å²) in [7, 11) is 1.56. The van der Waals surface area contributed by atoms with Crippen molar-refractivity contribution < 1.29 is 32.9 Å². The second-order valence-electron chi connectivity index (χ2n) is 10.3. The van der Waals surface area contributed by atoms with E-state index in [9.17, 15) is 9.59 Å². The molecule has 2 fully saturated rings. The summed E-state index contributed by atoms with van der Waals surface area (Å²) in [6.07, 6.45) is 3.68. The smallest absolute Gasteiger partial charge is 0.316 e. The molecule has 224 valence electrons. The summed E-state index contributed by atoms with van der Waals surface area (Å²) in [6.45, 7) is 5.78. The summed E-state index contributed by atoms with van der Waals surface area (Å²) in [4.78, 5) is 32.1. The predicted molar refractivity (Wildman–Crippen MR) is 155 cm³/mol. The zero-order valence-electron chi connectivity index (χ0n) is 23.6. The molecule has 0 aliphatic carbocycles. The number of nitrogens with zero attached hydrogens (tertiary/aromatic N) is 3. The minimum Gasteiger partial charge on any atom is -0.493 e. The van der Waals surface area contributed by atoms with Crippen molar-refractivity contribution in [2.75, 3.05) is 71.1 Å². The van der Waals surface area contributed by atoms with Crippen LogP contribution in [0.2, 0.25) is 0 Å². The first kappa shape index (κ1) is 29.5. The number of amides is 2. The van der Waals surface area contributed by atoms with Gasteiger partial charge in [0, 0.05) is 55.6 Å². The Bertz CT molecular complexity index is 1410. The van der Waals surface area contributed by atoms with Crippen LogP contribution in [0.15, 0.2) is 42.6 Å². The highest BCUT2D eigenvalue weighted by Gasteiger charge is 2.24. The number of nitrogens with one attached hydrogen (secondary N) is 1. The number of aromatic nitrogens is 1. The van der Waals surface area contributed by atoms with Gasteiger partial charge in [0.05, 0.1) is 32.4 Å². The van der Waals surface area contributed by atoms with E-state index in [1.165, 1.54) is 17.0 Å². The van der Waals surface area contributed by atoms with E-state index >= 15 is 4.39 Å². The van der Waals surface area contributed by atoms with Gasteiger partial charge in [-0.15, -0.1) is 0 Å². The summed E-state index contributed by atoms with van der Waals surface area (Å²) < 4.78 is 38.4. The number of nitrogens with two attached hydrogens (primary N) is 1. The van der Waals surface area contributed by atoms with E-state index in [0.717, 1.165) is 32.0 Å². The number of morpholine rings is 1. The number of hydrogen-bond acceptors (Lipinski definition) is 9. The first-order chi connectivity index (χ1) is 20.4. The van der Waals surface area contributed by atoms with E-state index in [0.29, 0.717) is 73.5 Å². The summed E-state index contributed by atoms with van der Waals surface area (Å²) in [5, 5.41) is 3.97. The van der Waals surface area contributed by atoms with Crippen molar-refractivity contribution in [1.29, 1.82) is 0 Å². The van der Waals surface area contributed by atoms with Gasteiger partial charge in [-0.3, -0.25) is 19.5 Å². The van der Waals surface area contributed by atoms with Crippen molar-refractivity contribution in [3.63, 3.8) is 0 Å². The quantitative estimate of drug-likeness (QED) is 0.347. The fraction of sp³-hybridized carbons (Fsp3) is 0.433. The number of ether oxygens (including phenoxy) is 4. The van der Waals surface area contributed by atoms with Gasteiger partial charge in [-0.25, -0.2) is 4.39 Å². The van der Waals surface area contributed by atoms with Gasteiger partial charge in [-0.05, 0) is 56.1 Å². The van der Waals surface area contributed by atoms with E-state index in [1.807, 2.05) is 0 Å². The Morgan fingerprint density at radius 1 is 1.10 bits per heavy atom. The molecule has 0 bridgehead atoms. The lowest BCUT2D eigenvalue weighted by Crippen LogP contribution is -2.46. The summed E-state index contributed by atoms with van der Waals surface area (Å²) in [5.74, 6) is -0.862. The zero-order valence-corrected chi connectivity index (χ0v) is 23.6. The van der Waals surface area contributed by atoms with Crippen LogP contribution >= 0.6 is 0 Å². The molecule has 3 aromatic rings. The van der Waals surface area contributed by atoms with E-state index in [2.05, 4.69) is 15.2 Å². The maximum Gasteiger partial charge on any atom is 0.316 e. The largest absolute Gasteiger partial charge is 0.493 e. The second-order valence-corrected chi connectivity index (χ2v) is 10.3. The van der Waals surface area contributed by atoms with Crippen LogP contribution in [0.5, 0.6) is 23.0 Å². The van der Waals surface area contributed by atoms with Gasteiger partial charge in [0.2, 0.25) is 0 Å². The zero-order chi connectivity index (χ0) is 29.5. The van der Waals surface area contributed by atoms with Crippen molar-refractivity contribution in [2.45, 2.75) is 12.8 Å². The van der Waals surface area contributed by atoms with E-state index in [1.54, 1.807) is 31.5 Å². The number of anilines is 1. The number of benzene rings is 2. The number of primary amides is 1. The second kappa shape index (κ2) is 13.8. The third kappa shape index (κ3) is 7.07. The molecule has 2 amide bonds. The third-order valence-electron chi connectivity index (χ3n) is 7.57. The van der Waals surface area contributed by atoms with Crippen LogP contribution in [0.1, 0.15) is 12.8 Å². The Labute approximate surface area is 243 Å². The number of pyridine rings is 1. The SMILES string of the molecule is COc1cc2c(Oc3ccc(N(CCN4CCOCC4)C(=O)C(N)=O)cc3F)ccnc2cc1OCC1CCNCC1. The van der Waals surface area contributed by atoms with Gasteiger partial charge in [-0.2, -0.15) is 0 Å². The van der Waals surface area contributed by atoms with Crippen molar-refractivity contribution in [2.24, 2.45) is 11.7 Å². The average molecular weight is 582 g/mol. The Kier molecular flexibility index (Phi) is 9.67. The fourth-order valence-electron chi connectivity index (χ4n) is 5.15. The number of hydrogen-bond donors (Lipinski definition) is 2. The Morgan fingerprint density at radius 2 is 1.88 bits per heavy atom. The number of methoxy groups -OCH3 is 1. The van der Waals surface area contributed by atoms with Gasteiger partial charge in [0.15, 0.2) is 23.1 Å². The lowest BCUT2D eigenvalue weighted by atomic mass is 9.99. The molecule has 0 radical (unpaired) electrons. The molecule has 0 saturated carbocycles. The summed E-state index contributed by atoms with van der Waals surface area (Å²) >= 11 is 0. The molecule has 3 heterocycles. The van der Waals surface area contributed by atoms with Crippen molar-refractivity contribution in [3.8, 4) is 23.0 Å². The van der Waals surface area contributed by atoms with Gasteiger partial charge >= 0.3 is 11.8 Å². The molecular weight excluding hydrogens is 545 g/mol. The molecular formula is C30H36FN5O6. The minimum atomic E-state index is -1.12. The van der Waals surface area contributed by atoms with Crippen LogP contribution in [-0.2, 0) is 14.3 Å². The molecule has 11 nitrogen and oxygen atoms in total. The average Bonchev–Trinajstić information content (AvgIpc) is 3.01. The molecule has 12 heteroatoms. The maximum absolute atomic E-state index is 15.4. The van der Waals surface area contributed by atoms with Crippen molar-refractivity contribution >= 4 is 28.4 Å². The van der Waals surface area contributed by atoms with Crippen LogP contribution in [0.25, 0.3) is 10.9 Å². The number of piperidine rings is 1. The predicted octanol–water partition coefficient (Wildman–Crippen LogP) is 2.70. The molecule has 3 N–H and O–H groups in total. The van der Waals surface area contributed by atoms with Crippen LogP contribution in [-0.4, -0.2) is 87.9 Å². The molecule has 2 aliphatic rings. The Balaban J connectivity index is 1.34. The fourth-order valence-corrected chi connectivity index (χ4v) is 5.15. The molecule has 0 spiro atoms. The molecule has 2 aromatic carbocycles. The van der Waals surface area contributed by atoms with Crippen LogP contribution < -0.4 is 30.2 Å². The molecule has 2 aliphatic heterocycles. The standard InChI is InChI=1S/C30H36FN5O6/c1-39-27-17-22-24(18-28(27)41-19-20-4-7-33-8-5-20)34-9-6-25(22)42-26-3-2-21(16-23(26)31)36(30(38)29(32)37)11-10-35-12-14-40-15-13-35/h2-3,6,9,16-18,20,33H,4-5,7-8,10-15,19H2,1H3,(H2,32,37). The van der Waals surface area contributed by atoms with Crippen LogP contribution in [0.4, 0.5) is 10.1 Å². The van der Waals surface area contributed by atoms with E-state index < -0.39 is 17.6 Å². The number of fused-ring (bicyclic) bond motifs is 1. The van der Waals surface area contributed by atoms with Gasteiger partial charge < -0.3 is 34.9 Å². The van der Waals surface area contributed by atoms with Gasteiger partial charge in [-0.1, -0.05) is 0 Å². The van der Waals surface area contributed by atoms with Crippen molar-refractivity contribution in [3.05, 3.63) is 48.4 Å². The lowest BCUT2D eigenvalue weighted by Gasteiger charge is -2.29. The minimum absolute atomic E-state index is 0.0592. The molecule has 0 unspecified atom stereocenters. The van der Waals surface area contributed by atoms with Crippen LogP contribution in [0, 0.1) is 11.7 Å². The first-order valence-corrected chi connectivity index (χ1v) is 14.1.